The van der Waals surface area contributed by atoms with Crippen LogP contribution in [0.1, 0.15) is 16.2 Å². The molecule has 0 radical (unpaired) electrons. The van der Waals surface area contributed by atoms with Gasteiger partial charge in [0, 0.05) is 25.0 Å². The second kappa shape index (κ2) is 6.87. The summed E-state index contributed by atoms with van der Waals surface area (Å²) in [6.45, 7) is 1.82. The molecule has 4 rings (SSSR count). The minimum Gasteiger partial charge on any atom is -0.305 e. The zero-order valence-electron chi connectivity index (χ0n) is 15.0. The van der Waals surface area contributed by atoms with Gasteiger partial charge in [-0.3, -0.25) is 19.0 Å². The number of aryl methyl sites for hydroxylation is 2. The molecule has 0 saturated carbocycles. The number of carbonyl (C=O) groups is 1. The first-order valence-corrected chi connectivity index (χ1v) is 8.49. The zero-order valence-corrected chi connectivity index (χ0v) is 15.0. The number of pyridine rings is 1. The molecule has 0 spiro atoms. The molecule has 3 heterocycles. The third-order valence-corrected chi connectivity index (χ3v) is 4.25. The Morgan fingerprint density at radius 2 is 1.78 bits per heavy atom. The Morgan fingerprint density at radius 3 is 2.52 bits per heavy atom. The van der Waals surface area contributed by atoms with E-state index in [9.17, 15) is 4.79 Å². The number of anilines is 1. The maximum Gasteiger partial charge on any atom is 0.275 e. The van der Waals surface area contributed by atoms with Gasteiger partial charge in [-0.25, -0.2) is 4.98 Å². The first-order chi connectivity index (χ1) is 13.1. The standard InChI is InChI=1S/C20H18N6O/c1-14-19(26(13-22-14)15-8-4-3-5-9-15)20(27)23-18-12-17(24-25(18)2)16-10-6-7-11-21-16/h3-13H,1-2H3,(H,23,27). The Labute approximate surface area is 156 Å². The molecule has 0 aliphatic carbocycles. The van der Waals surface area contributed by atoms with Gasteiger partial charge in [-0.1, -0.05) is 24.3 Å². The van der Waals surface area contributed by atoms with Crippen LogP contribution in [0.15, 0.2) is 67.1 Å². The third kappa shape index (κ3) is 3.22. The fourth-order valence-corrected chi connectivity index (χ4v) is 2.89. The van der Waals surface area contributed by atoms with Crippen molar-refractivity contribution in [3.05, 3.63) is 78.5 Å². The third-order valence-electron chi connectivity index (χ3n) is 4.25. The maximum atomic E-state index is 13.0. The Kier molecular flexibility index (Phi) is 4.25. The van der Waals surface area contributed by atoms with Crippen molar-refractivity contribution < 1.29 is 4.79 Å². The van der Waals surface area contributed by atoms with Crippen molar-refractivity contribution >= 4 is 11.7 Å². The fraction of sp³-hybridized carbons (Fsp3) is 0.100. The Morgan fingerprint density at radius 1 is 1.00 bits per heavy atom. The summed E-state index contributed by atoms with van der Waals surface area (Å²) in [5.41, 5.74) is 3.47. The van der Waals surface area contributed by atoms with Crippen LogP contribution in [0.25, 0.3) is 17.1 Å². The van der Waals surface area contributed by atoms with Gasteiger partial charge in [0.1, 0.15) is 23.5 Å². The number of carbonyl (C=O) groups excluding carboxylic acids is 1. The molecule has 1 amide bonds. The van der Waals surface area contributed by atoms with Crippen molar-refractivity contribution in [3.8, 4) is 17.1 Å². The minimum absolute atomic E-state index is 0.246. The van der Waals surface area contributed by atoms with Crippen LogP contribution < -0.4 is 5.32 Å². The van der Waals surface area contributed by atoms with Crippen molar-refractivity contribution in [2.24, 2.45) is 7.05 Å². The van der Waals surface area contributed by atoms with Crippen LogP contribution in [0, 0.1) is 6.92 Å². The normalized spacial score (nSPS) is 10.7. The number of aromatic nitrogens is 5. The van der Waals surface area contributed by atoms with Crippen molar-refractivity contribution in [2.75, 3.05) is 5.32 Å². The molecular weight excluding hydrogens is 340 g/mol. The lowest BCUT2D eigenvalue weighted by Gasteiger charge is -2.09. The molecular formula is C20H18N6O. The van der Waals surface area contributed by atoms with Crippen molar-refractivity contribution in [3.63, 3.8) is 0 Å². The molecule has 0 atom stereocenters. The van der Waals surface area contributed by atoms with Gasteiger partial charge in [-0.2, -0.15) is 5.10 Å². The van der Waals surface area contributed by atoms with Gasteiger partial charge in [0.2, 0.25) is 0 Å². The molecule has 4 aromatic rings. The number of para-hydroxylation sites is 1. The number of amides is 1. The Balaban J connectivity index is 1.65. The zero-order chi connectivity index (χ0) is 18.8. The number of nitrogens with zero attached hydrogens (tertiary/aromatic N) is 5. The predicted molar refractivity (Wildman–Crippen MR) is 103 cm³/mol. The smallest absolute Gasteiger partial charge is 0.275 e. The van der Waals surface area contributed by atoms with Crippen LogP contribution in [0.4, 0.5) is 5.82 Å². The Hall–Kier alpha value is -3.74. The number of nitrogens with one attached hydrogen (secondary N) is 1. The SMILES string of the molecule is Cc1ncn(-c2ccccc2)c1C(=O)Nc1cc(-c2ccccn2)nn1C. The van der Waals surface area contributed by atoms with E-state index in [2.05, 4.69) is 20.4 Å². The van der Waals surface area contributed by atoms with E-state index in [1.165, 1.54) is 0 Å². The topological polar surface area (TPSA) is 77.6 Å². The summed E-state index contributed by atoms with van der Waals surface area (Å²) < 4.78 is 3.40. The summed E-state index contributed by atoms with van der Waals surface area (Å²) in [5.74, 6) is 0.338. The van der Waals surface area contributed by atoms with E-state index in [0.29, 0.717) is 22.9 Å². The molecule has 0 aliphatic rings. The minimum atomic E-state index is -0.246. The molecule has 0 fully saturated rings. The van der Waals surface area contributed by atoms with Crippen LogP contribution in [0.3, 0.4) is 0 Å². The van der Waals surface area contributed by atoms with E-state index in [1.54, 1.807) is 34.9 Å². The van der Waals surface area contributed by atoms with Crippen LogP contribution >= 0.6 is 0 Å². The molecule has 0 bridgehead atoms. The lowest BCUT2D eigenvalue weighted by atomic mass is 10.2. The summed E-state index contributed by atoms with van der Waals surface area (Å²) in [7, 11) is 1.78. The first kappa shape index (κ1) is 16.7. The second-order valence-corrected chi connectivity index (χ2v) is 6.09. The second-order valence-electron chi connectivity index (χ2n) is 6.09. The average Bonchev–Trinajstić information content (AvgIpc) is 3.26. The molecule has 0 aliphatic heterocycles. The van der Waals surface area contributed by atoms with Crippen LogP contribution in [0.2, 0.25) is 0 Å². The number of benzene rings is 1. The number of hydrogen-bond acceptors (Lipinski definition) is 4. The highest BCUT2D eigenvalue weighted by atomic mass is 16.2. The Bertz CT molecular complexity index is 1080. The number of hydrogen-bond donors (Lipinski definition) is 1. The van der Waals surface area contributed by atoms with Gasteiger partial charge in [-0.05, 0) is 31.2 Å². The lowest BCUT2D eigenvalue weighted by molar-refractivity contribution is 0.101. The van der Waals surface area contributed by atoms with E-state index in [4.69, 9.17) is 0 Å². The van der Waals surface area contributed by atoms with E-state index in [0.717, 1.165) is 11.4 Å². The molecule has 3 aromatic heterocycles. The summed E-state index contributed by atoms with van der Waals surface area (Å²) in [5, 5.41) is 7.36. The van der Waals surface area contributed by atoms with Gasteiger partial charge in [0.25, 0.3) is 5.91 Å². The van der Waals surface area contributed by atoms with Gasteiger partial charge >= 0.3 is 0 Å². The van der Waals surface area contributed by atoms with Gasteiger partial charge < -0.3 is 5.32 Å². The number of rotatable bonds is 4. The molecule has 27 heavy (non-hydrogen) atoms. The van der Waals surface area contributed by atoms with E-state index in [1.807, 2.05) is 55.5 Å². The fourth-order valence-electron chi connectivity index (χ4n) is 2.89. The highest BCUT2D eigenvalue weighted by molar-refractivity contribution is 6.04. The molecule has 1 aromatic carbocycles. The largest absolute Gasteiger partial charge is 0.305 e. The summed E-state index contributed by atoms with van der Waals surface area (Å²) >= 11 is 0. The van der Waals surface area contributed by atoms with Crippen LogP contribution in [-0.4, -0.2) is 30.2 Å². The molecule has 0 unspecified atom stereocenters. The van der Waals surface area contributed by atoms with Crippen LogP contribution in [0.5, 0.6) is 0 Å². The van der Waals surface area contributed by atoms with Crippen molar-refractivity contribution in [2.45, 2.75) is 6.92 Å². The van der Waals surface area contributed by atoms with E-state index < -0.39 is 0 Å². The molecule has 1 N–H and O–H groups in total. The quantitative estimate of drug-likeness (QED) is 0.607. The average molecular weight is 358 g/mol. The van der Waals surface area contributed by atoms with Gasteiger partial charge in [0.05, 0.1) is 11.4 Å². The number of imidazole rings is 1. The van der Waals surface area contributed by atoms with Gasteiger partial charge in [-0.15, -0.1) is 0 Å². The van der Waals surface area contributed by atoms with Crippen LogP contribution in [-0.2, 0) is 7.05 Å². The summed E-state index contributed by atoms with van der Waals surface area (Å²) in [6, 6.07) is 17.1. The van der Waals surface area contributed by atoms with Crippen molar-refractivity contribution in [1.29, 1.82) is 0 Å². The van der Waals surface area contributed by atoms with Crippen molar-refractivity contribution in [1.82, 2.24) is 24.3 Å². The molecule has 7 nitrogen and oxygen atoms in total. The lowest BCUT2D eigenvalue weighted by Crippen LogP contribution is -2.19. The molecule has 7 heteroatoms. The molecule has 0 saturated heterocycles. The summed E-state index contributed by atoms with van der Waals surface area (Å²) in [6.07, 6.45) is 3.37. The maximum absolute atomic E-state index is 13.0. The van der Waals surface area contributed by atoms with E-state index >= 15 is 0 Å². The highest BCUT2D eigenvalue weighted by Gasteiger charge is 2.19. The first-order valence-electron chi connectivity index (χ1n) is 8.49. The predicted octanol–water partition coefficient (Wildman–Crippen LogP) is 3.23. The van der Waals surface area contributed by atoms with E-state index in [-0.39, 0.29) is 5.91 Å². The highest BCUT2D eigenvalue weighted by Crippen LogP contribution is 2.21. The van der Waals surface area contributed by atoms with Gasteiger partial charge in [0.15, 0.2) is 0 Å². The molecule has 134 valence electrons. The monoisotopic (exact) mass is 358 g/mol. The summed E-state index contributed by atoms with van der Waals surface area (Å²) in [4.78, 5) is 21.6.